The van der Waals surface area contributed by atoms with Crippen molar-refractivity contribution in [2.45, 2.75) is 54.1 Å². The Morgan fingerprint density at radius 1 is 1.33 bits per heavy atom. The van der Waals surface area contributed by atoms with Gasteiger partial charge < -0.3 is 11.2 Å². The zero-order valence-corrected chi connectivity index (χ0v) is 19.0. The Morgan fingerprint density at radius 2 is 1.93 bits per heavy atom. The molecule has 0 saturated heterocycles. The average Bonchev–Trinajstić information content (AvgIpc) is 2.71. The van der Waals surface area contributed by atoms with E-state index in [1.165, 1.54) is 23.9 Å². The molecule has 1 aromatic carbocycles. The van der Waals surface area contributed by atoms with Crippen molar-refractivity contribution < 1.29 is 18.0 Å². The summed E-state index contributed by atoms with van der Waals surface area (Å²) in [4.78, 5) is 13.5. The number of carbonyl (C=O) groups excluding carboxylic acids is 1. The topological polar surface area (TPSA) is 91.3 Å². The normalized spacial score (nSPS) is 12.5. The molecule has 0 unspecified atom stereocenters. The summed E-state index contributed by atoms with van der Waals surface area (Å²) in [5, 5.41) is 15.1. The SMILES string of the molecule is C/C=C(SCC)/C(CC(C)(C)C(=O)Nc1ccc(C#N)c(C(F)(F)F)c1)=N/N.CC. The third-order valence-corrected chi connectivity index (χ3v) is 5.00. The Balaban J connectivity index is 0.00000407. The molecule has 166 valence electrons. The Hall–Kier alpha value is -2.47. The van der Waals surface area contributed by atoms with Crippen LogP contribution in [0.15, 0.2) is 34.3 Å². The highest BCUT2D eigenvalue weighted by Gasteiger charge is 2.35. The summed E-state index contributed by atoms with van der Waals surface area (Å²) in [5.41, 5.74) is -2.07. The molecular formula is C21H29F3N4OS. The summed E-state index contributed by atoms with van der Waals surface area (Å²) in [6.45, 7) is 11.1. The number of nitrogens with two attached hydrogens (primary N) is 1. The number of hydrogen-bond donors (Lipinski definition) is 2. The highest BCUT2D eigenvalue weighted by Crippen LogP contribution is 2.34. The van der Waals surface area contributed by atoms with E-state index >= 15 is 0 Å². The first kappa shape index (κ1) is 27.5. The highest BCUT2D eigenvalue weighted by atomic mass is 32.2. The van der Waals surface area contributed by atoms with Crippen LogP contribution in [0.3, 0.4) is 0 Å². The van der Waals surface area contributed by atoms with Crippen molar-refractivity contribution in [2.24, 2.45) is 16.4 Å². The van der Waals surface area contributed by atoms with Gasteiger partial charge in [0, 0.05) is 22.4 Å². The van der Waals surface area contributed by atoms with E-state index in [2.05, 4.69) is 10.4 Å². The number of alkyl halides is 3. The number of benzene rings is 1. The van der Waals surface area contributed by atoms with Crippen molar-refractivity contribution in [3.05, 3.63) is 40.3 Å². The number of hydrogen-bond acceptors (Lipinski definition) is 5. The third-order valence-electron chi connectivity index (χ3n) is 3.93. The number of halogens is 3. The van der Waals surface area contributed by atoms with Crippen molar-refractivity contribution in [3.8, 4) is 6.07 Å². The molecule has 1 amide bonds. The molecule has 0 atom stereocenters. The number of rotatable bonds is 7. The number of nitrogens with zero attached hydrogens (tertiary/aromatic N) is 2. The molecule has 0 saturated carbocycles. The van der Waals surface area contributed by atoms with E-state index in [4.69, 9.17) is 11.1 Å². The minimum atomic E-state index is -4.70. The zero-order chi connectivity index (χ0) is 23.5. The predicted molar refractivity (Wildman–Crippen MR) is 118 cm³/mol. The molecule has 0 aliphatic rings. The smallest absolute Gasteiger partial charge is 0.326 e. The Morgan fingerprint density at radius 3 is 2.37 bits per heavy atom. The van der Waals surface area contributed by atoms with E-state index < -0.39 is 28.6 Å². The fourth-order valence-corrected chi connectivity index (χ4v) is 3.21. The predicted octanol–water partition coefficient (Wildman–Crippen LogP) is 5.93. The van der Waals surface area contributed by atoms with Crippen LogP contribution in [-0.4, -0.2) is 17.4 Å². The minimum Gasteiger partial charge on any atom is -0.326 e. The maximum absolute atomic E-state index is 13.1. The molecule has 0 heterocycles. The van der Waals surface area contributed by atoms with Gasteiger partial charge in [0.25, 0.3) is 0 Å². The zero-order valence-electron chi connectivity index (χ0n) is 18.1. The van der Waals surface area contributed by atoms with Crippen molar-refractivity contribution in [1.29, 1.82) is 5.26 Å². The van der Waals surface area contributed by atoms with Gasteiger partial charge in [0.1, 0.15) is 0 Å². The van der Waals surface area contributed by atoms with Crippen LogP contribution in [0.5, 0.6) is 0 Å². The monoisotopic (exact) mass is 442 g/mol. The second kappa shape index (κ2) is 12.3. The summed E-state index contributed by atoms with van der Waals surface area (Å²) in [5.74, 6) is 5.81. The summed E-state index contributed by atoms with van der Waals surface area (Å²) in [6.07, 6.45) is -2.63. The van der Waals surface area contributed by atoms with E-state index in [1.807, 2.05) is 33.8 Å². The van der Waals surface area contributed by atoms with Gasteiger partial charge in [-0.1, -0.05) is 40.7 Å². The van der Waals surface area contributed by atoms with Gasteiger partial charge in [0.15, 0.2) is 0 Å². The Bertz CT molecular complexity index is 825. The van der Waals surface area contributed by atoms with Crippen molar-refractivity contribution in [1.82, 2.24) is 0 Å². The molecule has 1 rings (SSSR count). The van der Waals surface area contributed by atoms with Crippen molar-refractivity contribution in [3.63, 3.8) is 0 Å². The first-order valence-corrected chi connectivity index (χ1v) is 10.5. The molecule has 0 fully saturated rings. The van der Waals surface area contributed by atoms with Crippen LogP contribution in [0.1, 0.15) is 59.1 Å². The number of allylic oxidation sites excluding steroid dienone is 2. The molecule has 0 aromatic heterocycles. The van der Waals surface area contributed by atoms with Crippen molar-refractivity contribution >= 4 is 29.1 Å². The maximum Gasteiger partial charge on any atom is 0.417 e. The van der Waals surface area contributed by atoms with Crippen LogP contribution in [0.2, 0.25) is 0 Å². The van der Waals surface area contributed by atoms with Gasteiger partial charge in [-0.3, -0.25) is 4.79 Å². The maximum atomic E-state index is 13.1. The van der Waals surface area contributed by atoms with Crippen LogP contribution >= 0.6 is 11.8 Å². The van der Waals surface area contributed by atoms with E-state index in [9.17, 15) is 18.0 Å². The number of thioether (sulfide) groups is 1. The number of hydrazone groups is 1. The second-order valence-corrected chi connectivity index (χ2v) is 7.85. The van der Waals surface area contributed by atoms with Gasteiger partial charge in [-0.2, -0.15) is 23.5 Å². The lowest BCUT2D eigenvalue weighted by Crippen LogP contribution is -2.33. The van der Waals surface area contributed by atoms with Crippen LogP contribution in [-0.2, 0) is 11.0 Å². The number of nitrogens with one attached hydrogen (secondary N) is 1. The van der Waals surface area contributed by atoms with Crippen LogP contribution in [0.4, 0.5) is 18.9 Å². The first-order valence-electron chi connectivity index (χ1n) is 9.49. The number of anilines is 1. The van der Waals surface area contributed by atoms with Crippen LogP contribution in [0, 0.1) is 16.7 Å². The van der Waals surface area contributed by atoms with Gasteiger partial charge in [0.05, 0.1) is 22.9 Å². The standard InChI is InChI=1S/C19H23F3N4OS.C2H6/c1-5-16(28-6-2)15(26-24)10-18(3,4)17(27)25-13-8-7-12(11-23)14(9-13)19(20,21)22;1-2/h5,7-9H,6,10,24H2,1-4H3,(H,25,27);1-2H3/b16-5-,26-15+;. The lowest BCUT2D eigenvalue weighted by atomic mass is 9.85. The van der Waals surface area contributed by atoms with Gasteiger partial charge >= 0.3 is 6.18 Å². The summed E-state index contributed by atoms with van der Waals surface area (Å²) in [6, 6.07) is 4.57. The Labute approximate surface area is 180 Å². The summed E-state index contributed by atoms with van der Waals surface area (Å²) < 4.78 is 39.3. The average molecular weight is 443 g/mol. The first-order chi connectivity index (χ1) is 14.0. The van der Waals surface area contributed by atoms with E-state index in [0.717, 1.165) is 22.8 Å². The third kappa shape index (κ3) is 7.75. The molecule has 1 aromatic rings. The molecule has 0 bridgehead atoms. The van der Waals surface area contributed by atoms with Gasteiger partial charge in [-0.25, -0.2) is 0 Å². The molecule has 9 heteroatoms. The molecular weight excluding hydrogens is 413 g/mol. The van der Waals surface area contributed by atoms with Crippen LogP contribution in [0.25, 0.3) is 0 Å². The minimum absolute atomic E-state index is 0.0372. The summed E-state index contributed by atoms with van der Waals surface area (Å²) >= 11 is 1.54. The number of amides is 1. The molecule has 3 N–H and O–H groups in total. The fourth-order valence-electron chi connectivity index (χ4n) is 2.44. The quantitative estimate of drug-likeness (QED) is 0.311. The molecule has 0 aliphatic heterocycles. The largest absolute Gasteiger partial charge is 0.417 e. The molecule has 30 heavy (non-hydrogen) atoms. The lowest BCUT2D eigenvalue weighted by Gasteiger charge is -2.25. The van der Waals surface area contributed by atoms with Crippen molar-refractivity contribution in [2.75, 3.05) is 11.1 Å². The van der Waals surface area contributed by atoms with E-state index in [1.54, 1.807) is 13.8 Å². The van der Waals surface area contributed by atoms with E-state index in [0.29, 0.717) is 5.71 Å². The molecule has 0 aliphatic carbocycles. The fraction of sp³-hybridized carbons (Fsp3) is 0.476. The van der Waals surface area contributed by atoms with Gasteiger partial charge in [-0.05, 0) is 30.9 Å². The molecule has 0 spiro atoms. The highest BCUT2D eigenvalue weighted by molar-refractivity contribution is 8.04. The molecule has 5 nitrogen and oxygen atoms in total. The molecule has 0 radical (unpaired) electrons. The van der Waals surface area contributed by atoms with Gasteiger partial charge in [-0.15, -0.1) is 11.8 Å². The van der Waals surface area contributed by atoms with E-state index in [-0.39, 0.29) is 12.1 Å². The Kier molecular flexibility index (Phi) is 11.3. The van der Waals surface area contributed by atoms with Gasteiger partial charge in [0.2, 0.25) is 5.91 Å². The van der Waals surface area contributed by atoms with Crippen LogP contribution < -0.4 is 11.2 Å². The number of carbonyl (C=O) groups is 1. The number of nitriles is 1. The second-order valence-electron chi connectivity index (χ2n) is 6.55. The summed E-state index contributed by atoms with van der Waals surface area (Å²) in [7, 11) is 0. The lowest BCUT2D eigenvalue weighted by molar-refractivity contribution is -0.137.